The molecular weight excluding hydrogens is 294 g/mol. The number of nitrogens with one attached hydrogen (secondary N) is 2. The van der Waals surface area contributed by atoms with Crippen LogP contribution in [0.3, 0.4) is 0 Å². The fraction of sp³-hybridized carbons (Fsp3) is 0.385. The van der Waals surface area contributed by atoms with Crippen molar-refractivity contribution in [2.24, 2.45) is 12.0 Å². The monoisotopic (exact) mass is 311 g/mol. The zero-order valence-electron chi connectivity index (χ0n) is 11.6. The molecule has 2 aromatic rings. The summed E-state index contributed by atoms with van der Waals surface area (Å²) < 4.78 is 2.63. The van der Waals surface area contributed by atoms with E-state index in [1.807, 2.05) is 36.9 Å². The molecule has 0 saturated carbocycles. The van der Waals surface area contributed by atoms with Gasteiger partial charge in [0.05, 0.1) is 23.1 Å². The molecule has 2 aromatic heterocycles. The van der Waals surface area contributed by atoms with Gasteiger partial charge in [0, 0.05) is 24.7 Å². The fourth-order valence-electron chi connectivity index (χ4n) is 1.68. The molecule has 5 nitrogen and oxygen atoms in total. The predicted molar refractivity (Wildman–Crippen MR) is 84.2 cm³/mol. The number of aromatic nitrogens is 2. The van der Waals surface area contributed by atoms with E-state index >= 15 is 0 Å². The summed E-state index contributed by atoms with van der Waals surface area (Å²) in [7, 11) is 1.92. The van der Waals surface area contributed by atoms with Crippen molar-refractivity contribution in [3.8, 4) is 0 Å². The van der Waals surface area contributed by atoms with Crippen LogP contribution in [0.2, 0.25) is 4.34 Å². The molecule has 2 N–H and O–H groups in total. The molecule has 0 spiro atoms. The third-order valence-corrected chi connectivity index (χ3v) is 3.96. The van der Waals surface area contributed by atoms with Gasteiger partial charge >= 0.3 is 0 Å². The van der Waals surface area contributed by atoms with Gasteiger partial charge in [0.1, 0.15) is 0 Å². The topological polar surface area (TPSA) is 54.2 Å². The minimum Gasteiger partial charge on any atom is -0.357 e. The van der Waals surface area contributed by atoms with Crippen molar-refractivity contribution in [3.63, 3.8) is 0 Å². The molecular formula is C13H18ClN5S. The molecule has 0 aromatic carbocycles. The van der Waals surface area contributed by atoms with Gasteiger partial charge in [0.15, 0.2) is 5.96 Å². The first kappa shape index (κ1) is 14.9. The van der Waals surface area contributed by atoms with Gasteiger partial charge in [-0.1, -0.05) is 11.6 Å². The first-order valence-corrected chi connectivity index (χ1v) is 7.61. The Morgan fingerprint density at radius 3 is 2.85 bits per heavy atom. The Balaban J connectivity index is 1.94. The molecule has 0 amide bonds. The van der Waals surface area contributed by atoms with Crippen LogP contribution in [0, 0.1) is 0 Å². The molecule has 0 atom stereocenters. The van der Waals surface area contributed by atoms with Crippen molar-refractivity contribution in [2.75, 3.05) is 6.54 Å². The second-order valence-electron chi connectivity index (χ2n) is 4.20. The lowest BCUT2D eigenvalue weighted by Crippen LogP contribution is -2.36. The number of halogens is 1. The number of guanidine groups is 1. The van der Waals surface area contributed by atoms with Crippen LogP contribution in [0.4, 0.5) is 0 Å². The van der Waals surface area contributed by atoms with Crippen LogP contribution in [-0.2, 0) is 20.1 Å². The molecule has 0 saturated heterocycles. The molecule has 0 aliphatic heterocycles. The summed E-state index contributed by atoms with van der Waals surface area (Å²) in [6.45, 7) is 4.18. The molecule has 2 rings (SSSR count). The lowest BCUT2D eigenvalue weighted by molar-refractivity contribution is 0.707. The van der Waals surface area contributed by atoms with Crippen LogP contribution in [-0.4, -0.2) is 22.3 Å². The first-order valence-electron chi connectivity index (χ1n) is 6.42. The summed E-state index contributed by atoms with van der Waals surface area (Å²) in [5.74, 6) is 0.790. The highest BCUT2D eigenvalue weighted by Crippen LogP contribution is 2.20. The summed E-state index contributed by atoms with van der Waals surface area (Å²) in [4.78, 5) is 5.73. The molecule has 0 aliphatic carbocycles. The zero-order valence-corrected chi connectivity index (χ0v) is 13.1. The van der Waals surface area contributed by atoms with E-state index in [1.165, 1.54) is 4.88 Å². The van der Waals surface area contributed by atoms with Gasteiger partial charge in [-0.05, 0) is 25.1 Å². The number of hydrogen-bond acceptors (Lipinski definition) is 3. The van der Waals surface area contributed by atoms with Crippen LogP contribution in [0.25, 0.3) is 0 Å². The molecule has 0 aliphatic rings. The maximum absolute atomic E-state index is 5.92. The molecule has 108 valence electrons. The van der Waals surface area contributed by atoms with E-state index in [2.05, 4.69) is 20.7 Å². The average molecular weight is 312 g/mol. The van der Waals surface area contributed by atoms with Gasteiger partial charge in [0.2, 0.25) is 0 Å². The number of thiophene rings is 1. The Bertz CT molecular complexity index is 575. The zero-order chi connectivity index (χ0) is 14.4. The van der Waals surface area contributed by atoms with Crippen molar-refractivity contribution in [1.82, 2.24) is 20.4 Å². The normalized spacial score (nSPS) is 11.7. The Morgan fingerprint density at radius 1 is 1.40 bits per heavy atom. The average Bonchev–Trinajstić information content (AvgIpc) is 3.02. The lowest BCUT2D eigenvalue weighted by atomic mass is 10.4. The molecule has 0 bridgehead atoms. The summed E-state index contributed by atoms with van der Waals surface area (Å²) >= 11 is 7.49. The highest BCUT2D eigenvalue weighted by Gasteiger charge is 2.02. The minimum absolute atomic E-state index is 0.594. The van der Waals surface area contributed by atoms with Crippen molar-refractivity contribution >= 4 is 28.9 Å². The van der Waals surface area contributed by atoms with Crippen LogP contribution >= 0.6 is 22.9 Å². The van der Waals surface area contributed by atoms with E-state index in [-0.39, 0.29) is 0 Å². The maximum Gasteiger partial charge on any atom is 0.191 e. The van der Waals surface area contributed by atoms with Crippen LogP contribution in [0.1, 0.15) is 17.5 Å². The standard InChI is InChI=1S/C13H18ClN5S/c1-3-15-13(16-8-10-6-7-18-19(10)2)17-9-11-4-5-12(14)20-11/h4-7H,3,8-9H2,1-2H3,(H2,15,16,17). The van der Waals surface area contributed by atoms with Crippen molar-refractivity contribution in [2.45, 2.75) is 20.0 Å². The van der Waals surface area contributed by atoms with Gasteiger partial charge in [-0.15, -0.1) is 11.3 Å². The molecule has 2 heterocycles. The Morgan fingerprint density at radius 2 is 2.25 bits per heavy atom. The molecule has 0 unspecified atom stereocenters. The van der Waals surface area contributed by atoms with E-state index in [1.54, 1.807) is 17.5 Å². The summed E-state index contributed by atoms with van der Waals surface area (Å²) in [5.41, 5.74) is 1.07. The predicted octanol–water partition coefficient (Wildman–Crippen LogP) is 2.39. The van der Waals surface area contributed by atoms with E-state index in [0.29, 0.717) is 13.1 Å². The molecule has 0 radical (unpaired) electrons. The van der Waals surface area contributed by atoms with Gasteiger partial charge in [0.25, 0.3) is 0 Å². The highest BCUT2D eigenvalue weighted by molar-refractivity contribution is 7.16. The third kappa shape index (κ3) is 4.25. The number of nitrogens with zero attached hydrogens (tertiary/aromatic N) is 3. The maximum atomic E-state index is 5.92. The van der Waals surface area contributed by atoms with Crippen LogP contribution in [0.15, 0.2) is 29.4 Å². The number of aliphatic imine (C=N–C) groups is 1. The summed E-state index contributed by atoms with van der Waals surface area (Å²) in [6, 6.07) is 5.89. The second-order valence-corrected chi connectivity index (χ2v) is 6.00. The van der Waals surface area contributed by atoms with Gasteiger partial charge in [-0.3, -0.25) is 4.68 Å². The quantitative estimate of drug-likeness (QED) is 0.658. The highest BCUT2D eigenvalue weighted by atomic mass is 35.5. The Hall–Kier alpha value is -1.53. The number of rotatable bonds is 5. The fourth-order valence-corrected chi connectivity index (χ4v) is 2.70. The number of aryl methyl sites for hydroxylation is 1. The molecule has 7 heteroatoms. The summed E-state index contributed by atoms with van der Waals surface area (Å²) in [5, 5.41) is 10.6. The molecule has 0 fully saturated rings. The van der Waals surface area contributed by atoms with E-state index in [0.717, 1.165) is 22.5 Å². The second kappa shape index (κ2) is 7.31. The Kier molecular flexibility index (Phi) is 5.43. The first-order chi connectivity index (χ1) is 9.69. The van der Waals surface area contributed by atoms with E-state index < -0.39 is 0 Å². The number of hydrogen-bond donors (Lipinski definition) is 2. The van der Waals surface area contributed by atoms with Crippen molar-refractivity contribution in [1.29, 1.82) is 0 Å². The van der Waals surface area contributed by atoms with E-state index in [4.69, 9.17) is 11.6 Å². The van der Waals surface area contributed by atoms with Gasteiger partial charge in [-0.25, -0.2) is 4.99 Å². The smallest absolute Gasteiger partial charge is 0.191 e. The van der Waals surface area contributed by atoms with Crippen molar-refractivity contribution in [3.05, 3.63) is 39.3 Å². The lowest BCUT2D eigenvalue weighted by Gasteiger charge is -2.10. The van der Waals surface area contributed by atoms with Crippen LogP contribution in [0.5, 0.6) is 0 Å². The van der Waals surface area contributed by atoms with Gasteiger partial charge < -0.3 is 10.6 Å². The van der Waals surface area contributed by atoms with Gasteiger partial charge in [-0.2, -0.15) is 5.10 Å². The summed E-state index contributed by atoms with van der Waals surface area (Å²) in [6.07, 6.45) is 1.78. The van der Waals surface area contributed by atoms with E-state index in [9.17, 15) is 0 Å². The van der Waals surface area contributed by atoms with Crippen LogP contribution < -0.4 is 10.6 Å². The Labute approximate surface area is 127 Å². The van der Waals surface area contributed by atoms with Crippen molar-refractivity contribution < 1.29 is 0 Å². The minimum atomic E-state index is 0.594. The SMILES string of the molecule is CCNC(=NCc1ccnn1C)NCc1ccc(Cl)s1. The third-order valence-electron chi connectivity index (χ3n) is 2.72. The molecule has 20 heavy (non-hydrogen) atoms. The largest absolute Gasteiger partial charge is 0.357 e.